The minimum Gasteiger partial charge on any atom is -0.371 e. The van der Waals surface area contributed by atoms with Crippen molar-refractivity contribution in [3.63, 3.8) is 0 Å². The Bertz CT molecular complexity index is 586. The molecule has 122 valence electrons. The van der Waals surface area contributed by atoms with Crippen molar-refractivity contribution in [2.75, 3.05) is 18.0 Å². The third-order valence-electron chi connectivity index (χ3n) is 4.83. The fourth-order valence-corrected chi connectivity index (χ4v) is 3.38. The number of aryl methyl sites for hydroxylation is 1. The lowest BCUT2D eigenvalue weighted by Crippen LogP contribution is -2.43. The summed E-state index contributed by atoms with van der Waals surface area (Å²) in [4.78, 5) is 6.76. The van der Waals surface area contributed by atoms with Crippen molar-refractivity contribution < 1.29 is 0 Å². The van der Waals surface area contributed by atoms with Gasteiger partial charge in [0.25, 0.3) is 0 Å². The molecule has 1 atom stereocenters. The first-order chi connectivity index (χ1) is 11.3. The van der Waals surface area contributed by atoms with Crippen molar-refractivity contribution in [3.05, 3.63) is 59.9 Å². The van der Waals surface area contributed by atoms with Crippen LogP contribution in [0.4, 0.5) is 5.69 Å². The second-order valence-corrected chi connectivity index (χ2v) is 6.51. The van der Waals surface area contributed by atoms with Gasteiger partial charge < -0.3 is 10.2 Å². The summed E-state index contributed by atoms with van der Waals surface area (Å²) in [6.07, 6.45) is 7.33. The number of aromatic nitrogens is 1. The predicted octanol–water partition coefficient (Wildman–Crippen LogP) is 4.10. The van der Waals surface area contributed by atoms with Crippen molar-refractivity contribution in [1.82, 2.24) is 10.3 Å². The Morgan fingerprint density at radius 3 is 2.52 bits per heavy atom. The summed E-state index contributed by atoms with van der Waals surface area (Å²) in [5, 5.41) is 3.84. The van der Waals surface area contributed by atoms with E-state index in [9.17, 15) is 0 Å². The molecular formula is C20H27N3. The maximum Gasteiger partial charge on any atom is 0.0366 e. The maximum absolute atomic E-state index is 4.26. The highest BCUT2D eigenvalue weighted by Crippen LogP contribution is 2.23. The van der Waals surface area contributed by atoms with Gasteiger partial charge in [0.2, 0.25) is 0 Å². The molecule has 1 aliphatic rings. The molecule has 0 unspecified atom stereocenters. The van der Waals surface area contributed by atoms with Crippen molar-refractivity contribution in [1.29, 1.82) is 0 Å². The Kier molecular flexibility index (Phi) is 5.29. The minimum absolute atomic E-state index is 0.416. The fourth-order valence-electron chi connectivity index (χ4n) is 3.38. The average molecular weight is 309 g/mol. The second kappa shape index (κ2) is 7.60. The lowest BCUT2D eigenvalue weighted by atomic mass is 10.00. The summed E-state index contributed by atoms with van der Waals surface area (Å²) >= 11 is 0. The minimum atomic E-state index is 0.416. The summed E-state index contributed by atoms with van der Waals surface area (Å²) in [6, 6.07) is 14.1. The number of hydrogen-bond donors (Lipinski definition) is 1. The number of benzene rings is 1. The van der Waals surface area contributed by atoms with Crippen LogP contribution in [0.15, 0.2) is 48.8 Å². The molecule has 0 bridgehead atoms. The van der Waals surface area contributed by atoms with Crippen LogP contribution in [0.3, 0.4) is 0 Å². The maximum atomic E-state index is 4.26. The summed E-state index contributed by atoms with van der Waals surface area (Å²) in [5.74, 6) is 0. The quantitative estimate of drug-likeness (QED) is 0.901. The normalized spacial score (nSPS) is 17.2. The van der Waals surface area contributed by atoms with E-state index < -0.39 is 0 Å². The molecular weight excluding hydrogens is 282 g/mol. The van der Waals surface area contributed by atoms with E-state index in [0.717, 1.165) is 19.5 Å². The lowest BCUT2D eigenvalue weighted by molar-refractivity contribution is 0.364. The SMILES string of the molecule is CC[C@H](NC1CCN(c2ccc(C)cc2)CC1)c1cccnc1. The molecule has 3 nitrogen and oxygen atoms in total. The molecule has 2 heterocycles. The second-order valence-electron chi connectivity index (χ2n) is 6.51. The largest absolute Gasteiger partial charge is 0.371 e. The van der Waals surface area contributed by atoms with Crippen molar-refractivity contribution in [3.8, 4) is 0 Å². The van der Waals surface area contributed by atoms with Crippen LogP contribution in [0.1, 0.15) is 43.4 Å². The van der Waals surface area contributed by atoms with Crippen LogP contribution in [0.25, 0.3) is 0 Å². The van der Waals surface area contributed by atoms with E-state index in [4.69, 9.17) is 0 Å². The van der Waals surface area contributed by atoms with Gasteiger partial charge in [0, 0.05) is 43.3 Å². The van der Waals surface area contributed by atoms with Gasteiger partial charge in [-0.05, 0) is 49.9 Å². The van der Waals surface area contributed by atoms with Crippen LogP contribution in [-0.2, 0) is 0 Å². The van der Waals surface area contributed by atoms with E-state index in [2.05, 4.69) is 59.4 Å². The number of nitrogens with one attached hydrogen (secondary N) is 1. The number of nitrogens with zero attached hydrogens (tertiary/aromatic N) is 2. The molecule has 0 saturated carbocycles. The molecule has 0 spiro atoms. The molecule has 3 heteroatoms. The van der Waals surface area contributed by atoms with E-state index in [0.29, 0.717) is 12.1 Å². The molecule has 1 saturated heterocycles. The monoisotopic (exact) mass is 309 g/mol. The topological polar surface area (TPSA) is 28.2 Å². The number of anilines is 1. The lowest BCUT2D eigenvalue weighted by Gasteiger charge is -2.36. The van der Waals surface area contributed by atoms with Crippen molar-refractivity contribution in [2.24, 2.45) is 0 Å². The highest BCUT2D eigenvalue weighted by atomic mass is 15.1. The molecule has 1 aromatic heterocycles. The van der Waals surface area contributed by atoms with E-state index in [1.807, 2.05) is 18.5 Å². The molecule has 1 aromatic carbocycles. The predicted molar refractivity (Wildman–Crippen MR) is 96.8 cm³/mol. The van der Waals surface area contributed by atoms with Crippen LogP contribution in [0, 0.1) is 6.92 Å². The zero-order chi connectivity index (χ0) is 16.1. The third kappa shape index (κ3) is 4.11. The molecule has 1 fully saturated rings. The van der Waals surface area contributed by atoms with Gasteiger partial charge in [-0.15, -0.1) is 0 Å². The standard InChI is InChI=1S/C20H27N3/c1-3-20(17-5-4-12-21-15-17)22-18-10-13-23(14-11-18)19-8-6-16(2)7-9-19/h4-9,12,15,18,20,22H,3,10-11,13-14H2,1-2H3/t20-/m0/s1. The average Bonchev–Trinajstić information content (AvgIpc) is 2.62. The van der Waals surface area contributed by atoms with Gasteiger partial charge in [0.15, 0.2) is 0 Å². The Balaban J connectivity index is 1.55. The van der Waals surface area contributed by atoms with Crippen LogP contribution < -0.4 is 10.2 Å². The molecule has 23 heavy (non-hydrogen) atoms. The zero-order valence-corrected chi connectivity index (χ0v) is 14.2. The number of rotatable bonds is 5. The number of pyridine rings is 1. The van der Waals surface area contributed by atoms with Crippen LogP contribution in [0.5, 0.6) is 0 Å². The summed E-state index contributed by atoms with van der Waals surface area (Å²) in [7, 11) is 0. The van der Waals surface area contributed by atoms with Gasteiger partial charge in [-0.1, -0.05) is 30.7 Å². The Labute approximate surface area is 139 Å². The first-order valence-corrected chi connectivity index (χ1v) is 8.74. The Morgan fingerprint density at radius 1 is 1.17 bits per heavy atom. The smallest absolute Gasteiger partial charge is 0.0366 e. The van der Waals surface area contributed by atoms with Gasteiger partial charge in [-0.25, -0.2) is 0 Å². The molecule has 0 radical (unpaired) electrons. The summed E-state index contributed by atoms with van der Waals surface area (Å²) in [6.45, 7) is 6.64. The van der Waals surface area contributed by atoms with Gasteiger partial charge in [-0.2, -0.15) is 0 Å². The van der Waals surface area contributed by atoms with E-state index >= 15 is 0 Å². The van der Waals surface area contributed by atoms with E-state index in [-0.39, 0.29) is 0 Å². The zero-order valence-electron chi connectivity index (χ0n) is 14.2. The van der Waals surface area contributed by atoms with Crippen molar-refractivity contribution >= 4 is 5.69 Å². The highest BCUT2D eigenvalue weighted by Gasteiger charge is 2.22. The first-order valence-electron chi connectivity index (χ1n) is 8.74. The number of piperidine rings is 1. The Morgan fingerprint density at radius 2 is 1.91 bits per heavy atom. The third-order valence-corrected chi connectivity index (χ3v) is 4.83. The van der Waals surface area contributed by atoms with Crippen LogP contribution >= 0.6 is 0 Å². The van der Waals surface area contributed by atoms with Gasteiger partial charge in [0.1, 0.15) is 0 Å². The van der Waals surface area contributed by atoms with E-state index in [1.165, 1.54) is 29.7 Å². The van der Waals surface area contributed by atoms with Crippen LogP contribution in [0.2, 0.25) is 0 Å². The van der Waals surface area contributed by atoms with Gasteiger partial charge >= 0.3 is 0 Å². The Hall–Kier alpha value is -1.87. The van der Waals surface area contributed by atoms with Gasteiger partial charge in [-0.3, -0.25) is 4.98 Å². The molecule has 2 aromatic rings. The summed E-state index contributed by atoms with van der Waals surface area (Å²) in [5.41, 5.74) is 3.98. The molecule has 1 N–H and O–H groups in total. The molecule has 0 amide bonds. The summed E-state index contributed by atoms with van der Waals surface area (Å²) < 4.78 is 0. The molecule has 1 aliphatic heterocycles. The van der Waals surface area contributed by atoms with E-state index in [1.54, 1.807) is 0 Å². The fraction of sp³-hybridized carbons (Fsp3) is 0.450. The van der Waals surface area contributed by atoms with Crippen LogP contribution in [-0.4, -0.2) is 24.1 Å². The number of hydrogen-bond acceptors (Lipinski definition) is 3. The first kappa shape index (κ1) is 16.0. The van der Waals surface area contributed by atoms with Gasteiger partial charge in [0.05, 0.1) is 0 Å². The molecule has 3 rings (SSSR count). The highest BCUT2D eigenvalue weighted by molar-refractivity contribution is 5.47. The molecule has 0 aliphatic carbocycles. The van der Waals surface area contributed by atoms with Crippen molar-refractivity contribution in [2.45, 2.75) is 45.2 Å².